The van der Waals surface area contributed by atoms with Gasteiger partial charge in [-0.05, 0) is 34.5 Å². The first-order valence-corrected chi connectivity index (χ1v) is 6.84. The lowest BCUT2D eigenvalue weighted by Crippen LogP contribution is -2.07. The van der Waals surface area contributed by atoms with Gasteiger partial charge in [-0.15, -0.1) is 0 Å². The number of rotatable bonds is 3. The van der Waals surface area contributed by atoms with Crippen molar-refractivity contribution in [1.82, 2.24) is 4.98 Å². The van der Waals surface area contributed by atoms with E-state index in [9.17, 15) is 8.42 Å². The van der Waals surface area contributed by atoms with Crippen molar-refractivity contribution in [2.45, 2.75) is 25.3 Å². The molecule has 0 bridgehead atoms. The highest BCUT2D eigenvalue weighted by molar-refractivity contribution is 9.10. The molecule has 14 heavy (non-hydrogen) atoms. The quantitative estimate of drug-likeness (QED) is 0.851. The van der Waals surface area contributed by atoms with Crippen LogP contribution >= 0.6 is 15.9 Å². The van der Waals surface area contributed by atoms with Crippen LogP contribution in [0, 0.1) is 0 Å². The standard InChI is InChI=1S/C9H12BrNO2S/c1-3-8-7(10)5-6-9(11-8)14(12,13)4-2/h5-6H,3-4H2,1-2H3. The predicted octanol–water partition coefficient (Wildman–Crippen LogP) is 2.20. The SMILES string of the molecule is CCc1nc(S(=O)(=O)CC)ccc1Br. The number of aryl methyl sites for hydroxylation is 1. The van der Waals surface area contributed by atoms with E-state index in [0.717, 1.165) is 10.2 Å². The van der Waals surface area contributed by atoms with Crippen molar-refractivity contribution in [3.8, 4) is 0 Å². The van der Waals surface area contributed by atoms with Crippen molar-refractivity contribution in [2.24, 2.45) is 0 Å². The second-order valence-corrected chi connectivity index (χ2v) is 5.91. The van der Waals surface area contributed by atoms with Crippen LogP contribution in [0.2, 0.25) is 0 Å². The maximum absolute atomic E-state index is 11.5. The lowest BCUT2D eigenvalue weighted by molar-refractivity contribution is 0.593. The molecule has 0 atom stereocenters. The van der Waals surface area contributed by atoms with Gasteiger partial charge in [-0.1, -0.05) is 13.8 Å². The monoisotopic (exact) mass is 277 g/mol. The molecule has 0 saturated carbocycles. The molecule has 0 aromatic carbocycles. The largest absolute Gasteiger partial charge is 0.240 e. The maximum atomic E-state index is 11.5. The second kappa shape index (κ2) is 4.40. The summed E-state index contributed by atoms with van der Waals surface area (Å²) in [4.78, 5) is 4.10. The van der Waals surface area contributed by atoms with Gasteiger partial charge in [0.1, 0.15) is 0 Å². The summed E-state index contributed by atoms with van der Waals surface area (Å²) in [6.45, 7) is 3.56. The molecule has 0 radical (unpaired) electrons. The number of sulfone groups is 1. The molecule has 0 aliphatic rings. The third kappa shape index (κ3) is 2.33. The van der Waals surface area contributed by atoms with E-state index in [-0.39, 0.29) is 10.8 Å². The predicted molar refractivity (Wildman–Crippen MR) is 59.0 cm³/mol. The van der Waals surface area contributed by atoms with Crippen LogP contribution in [0.1, 0.15) is 19.5 Å². The van der Waals surface area contributed by atoms with E-state index in [1.165, 1.54) is 6.07 Å². The number of aromatic nitrogens is 1. The topological polar surface area (TPSA) is 47.0 Å². The van der Waals surface area contributed by atoms with Crippen LogP contribution in [0.15, 0.2) is 21.6 Å². The highest BCUT2D eigenvalue weighted by atomic mass is 79.9. The Morgan fingerprint density at radius 2 is 2.00 bits per heavy atom. The first-order chi connectivity index (χ1) is 6.51. The average Bonchev–Trinajstić information content (AvgIpc) is 2.18. The number of halogens is 1. The number of hydrogen-bond acceptors (Lipinski definition) is 3. The van der Waals surface area contributed by atoms with Crippen molar-refractivity contribution in [3.63, 3.8) is 0 Å². The molecule has 78 valence electrons. The fourth-order valence-corrected chi connectivity index (χ4v) is 2.35. The Morgan fingerprint density at radius 3 is 2.50 bits per heavy atom. The van der Waals surface area contributed by atoms with Crippen LogP contribution in [0.3, 0.4) is 0 Å². The zero-order valence-electron chi connectivity index (χ0n) is 8.12. The van der Waals surface area contributed by atoms with Gasteiger partial charge in [-0.25, -0.2) is 13.4 Å². The zero-order valence-corrected chi connectivity index (χ0v) is 10.5. The number of nitrogens with zero attached hydrogens (tertiary/aromatic N) is 1. The molecule has 1 heterocycles. The molecule has 0 saturated heterocycles. The lowest BCUT2D eigenvalue weighted by Gasteiger charge is -2.04. The Morgan fingerprint density at radius 1 is 1.36 bits per heavy atom. The molecular formula is C9H12BrNO2S. The first-order valence-electron chi connectivity index (χ1n) is 4.39. The summed E-state index contributed by atoms with van der Waals surface area (Å²) in [6, 6.07) is 3.26. The molecule has 1 aromatic rings. The highest BCUT2D eigenvalue weighted by Gasteiger charge is 2.14. The molecule has 0 fully saturated rings. The Hall–Kier alpha value is -0.420. The Labute approximate surface area is 92.6 Å². The lowest BCUT2D eigenvalue weighted by atomic mass is 10.3. The molecule has 0 amide bonds. The van der Waals surface area contributed by atoms with E-state index in [4.69, 9.17) is 0 Å². The molecule has 0 unspecified atom stereocenters. The number of pyridine rings is 1. The summed E-state index contributed by atoms with van der Waals surface area (Å²) in [5.41, 5.74) is 0.777. The molecule has 3 nitrogen and oxygen atoms in total. The van der Waals surface area contributed by atoms with Crippen LogP contribution in [-0.2, 0) is 16.3 Å². The first kappa shape index (κ1) is 11.7. The van der Waals surface area contributed by atoms with Gasteiger partial charge < -0.3 is 0 Å². The van der Waals surface area contributed by atoms with Gasteiger partial charge in [-0.2, -0.15) is 0 Å². The summed E-state index contributed by atoms with van der Waals surface area (Å²) in [5.74, 6) is 0.0881. The van der Waals surface area contributed by atoms with Gasteiger partial charge in [-0.3, -0.25) is 0 Å². The fraction of sp³-hybridized carbons (Fsp3) is 0.444. The van der Waals surface area contributed by atoms with Gasteiger partial charge in [0, 0.05) is 4.47 Å². The van der Waals surface area contributed by atoms with Gasteiger partial charge in [0.2, 0.25) is 0 Å². The molecule has 1 aromatic heterocycles. The van der Waals surface area contributed by atoms with E-state index in [1.807, 2.05) is 6.92 Å². The van der Waals surface area contributed by atoms with E-state index in [1.54, 1.807) is 13.0 Å². The highest BCUT2D eigenvalue weighted by Crippen LogP contribution is 2.18. The minimum absolute atomic E-state index is 0.0881. The van der Waals surface area contributed by atoms with E-state index < -0.39 is 9.84 Å². The molecule has 0 spiro atoms. The van der Waals surface area contributed by atoms with Gasteiger partial charge in [0.25, 0.3) is 0 Å². The summed E-state index contributed by atoms with van der Waals surface area (Å²) in [5, 5.41) is 0.167. The van der Waals surface area contributed by atoms with Crippen molar-refractivity contribution in [1.29, 1.82) is 0 Å². The molecule has 1 rings (SSSR count). The summed E-state index contributed by atoms with van der Waals surface area (Å²) in [7, 11) is -3.18. The number of hydrogen-bond donors (Lipinski definition) is 0. The van der Waals surface area contributed by atoms with Crippen molar-refractivity contribution in [2.75, 3.05) is 5.75 Å². The molecular weight excluding hydrogens is 266 g/mol. The van der Waals surface area contributed by atoms with Crippen LogP contribution in [0.25, 0.3) is 0 Å². The second-order valence-electron chi connectivity index (χ2n) is 2.83. The van der Waals surface area contributed by atoms with Crippen LogP contribution in [-0.4, -0.2) is 19.2 Å². The fourth-order valence-electron chi connectivity index (χ4n) is 1.03. The Kier molecular flexibility index (Phi) is 3.66. The van der Waals surface area contributed by atoms with Crippen molar-refractivity contribution < 1.29 is 8.42 Å². The summed E-state index contributed by atoms with van der Waals surface area (Å²) >= 11 is 3.32. The minimum Gasteiger partial charge on any atom is -0.240 e. The molecule has 0 N–H and O–H groups in total. The Balaban J connectivity index is 3.26. The normalized spacial score (nSPS) is 11.6. The summed E-state index contributed by atoms with van der Waals surface area (Å²) < 4.78 is 23.9. The third-order valence-corrected chi connectivity index (χ3v) is 4.27. The van der Waals surface area contributed by atoms with E-state index >= 15 is 0 Å². The van der Waals surface area contributed by atoms with E-state index in [2.05, 4.69) is 20.9 Å². The van der Waals surface area contributed by atoms with E-state index in [0.29, 0.717) is 6.42 Å². The summed E-state index contributed by atoms with van der Waals surface area (Å²) in [6.07, 6.45) is 0.716. The zero-order chi connectivity index (χ0) is 10.8. The maximum Gasteiger partial charge on any atom is 0.195 e. The Bertz CT molecular complexity index is 428. The van der Waals surface area contributed by atoms with Gasteiger partial charge in [0.05, 0.1) is 11.4 Å². The van der Waals surface area contributed by atoms with Crippen LogP contribution in [0.5, 0.6) is 0 Å². The van der Waals surface area contributed by atoms with Crippen LogP contribution < -0.4 is 0 Å². The smallest absolute Gasteiger partial charge is 0.195 e. The average molecular weight is 278 g/mol. The third-order valence-electron chi connectivity index (χ3n) is 1.93. The molecule has 0 aliphatic heterocycles. The molecule has 0 aliphatic carbocycles. The van der Waals surface area contributed by atoms with Crippen LogP contribution in [0.4, 0.5) is 0 Å². The van der Waals surface area contributed by atoms with Crippen molar-refractivity contribution >= 4 is 25.8 Å². The van der Waals surface area contributed by atoms with Crippen molar-refractivity contribution in [3.05, 3.63) is 22.3 Å². The van der Waals surface area contributed by atoms with Gasteiger partial charge in [0.15, 0.2) is 14.9 Å². The molecule has 5 heteroatoms. The minimum atomic E-state index is -3.18. The van der Waals surface area contributed by atoms with Gasteiger partial charge >= 0.3 is 0 Å².